The average Bonchev–Trinajstić information content (AvgIpc) is 2.61. The van der Waals surface area contributed by atoms with Gasteiger partial charge in [0.1, 0.15) is 5.75 Å². The second-order valence-electron chi connectivity index (χ2n) is 6.90. The fourth-order valence-corrected chi connectivity index (χ4v) is 3.13. The number of carbonyl (C=O) groups is 2. The van der Waals surface area contributed by atoms with E-state index in [2.05, 4.69) is 0 Å². The second-order valence-corrected chi connectivity index (χ2v) is 6.90. The smallest absolute Gasteiger partial charge is 0.254 e. The van der Waals surface area contributed by atoms with Crippen LogP contribution in [0.2, 0.25) is 0 Å². The number of aromatic hydroxyl groups is 1. The normalized spacial score (nSPS) is 10.9. The number of benzene rings is 2. The maximum atomic E-state index is 12.8. The van der Waals surface area contributed by atoms with Crippen LogP contribution in [0.15, 0.2) is 48.5 Å². The zero-order valence-electron chi connectivity index (χ0n) is 16.2. The molecule has 0 radical (unpaired) electrons. The van der Waals surface area contributed by atoms with E-state index in [1.54, 1.807) is 36.4 Å². The SMILES string of the molecule is CC(C)N(C(=O)c1ccc(N(C(=O)CN)c2cccc(O)c2)cc1)C(C)C. The van der Waals surface area contributed by atoms with Crippen LogP contribution in [-0.4, -0.2) is 40.4 Å². The summed E-state index contributed by atoms with van der Waals surface area (Å²) in [6.07, 6.45) is 0. The van der Waals surface area contributed by atoms with Gasteiger partial charge in [-0.2, -0.15) is 0 Å². The van der Waals surface area contributed by atoms with Crippen molar-refractivity contribution in [2.45, 2.75) is 39.8 Å². The third-order valence-electron chi connectivity index (χ3n) is 4.23. The second kappa shape index (κ2) is 8.68. The molecule has 3 N–H and O–H groups in total. The number of hydrogen-bond donors (Lipinski definition) is 2. The molecule has 0 aliphatic heterocycles. The van der Waals surface area contributed by atoms with Crippen molar-refractivity contribution in [1.82, 2.24) is 4.90 Å². The first-order chi connectivity index (χ1) is 12.8. The van der Waals surface area contributed by atoms with Crippen molar-refractivity contribution in [2.24, 2.45) is 5.73 Å². The Kier molecular flexibility index (Phi) is 6.58. The lowest BCUT2D eigenvalue weighted by Crippen LogP contribution is -2.42. The molecule has 27 heavy (non-hydrogen) atoms. The minimum Gasteiger partial charge on any atom is -0.508 e. The number of phenols is 1. The average molecular weight is 369 g/mol. The number of nitrogens with two attached hydrogens (primary N) is 1. The summed E-state index contributed by atoms with van der Waals surface area (Å²) < 4.78 is 0. The first-order valence-electron chi connectivity index (χ1n) is 9.01. The Morgan fingerprint density at radius 1 is 0.963 bits per heavy atom. The molecule has 2 aromatic carbocycles. The van der Waals surface area contributed by atoms with Gasteiger partial charge in [-0.1, -0.05) is 6.07 Å². The summed E-state index contributed by atoms with van der Waals surface area (Å²) in [6, 6.07) is 13.4. The van der Waals surface area contributed by atoms with E-state index < -0.39 is 0 Å². The van der Waals surface area contributed by atoms with E-state index in [-0.39, 0.29) is 36.2 Å². The third kappa shape index (κ3) is 4.65. The largest absolute Gasteiger partial charge is 0.508 e. The maximum Gasteiger partial charge on any atom is 0.254 e. The van der Waals surface area contributed by atoms with Crippen molar-refractivity contribution in [3.8, 4) is 5.75 Å². The Balaban J connectivity index is 2.38. The van der Waals surface area contributed by atoms with Crippen LogP contribution in [0.3, 0.4) is 0 Å². The molecule has 0 unspecified atom stereocenters. The molecule has 2 rings (SSSR count). The first-order valence-corrected chi connectivity index (χ1v) is 9.01. The summed E-state index contributed by atoms with van der Waals surface area (Å²) in [6.45, 7) is 7.75. The Bertz CT molecular complexity index is 793. The molecule has 0 atom stereocenters. The minimum atomic E-state index is -0.314. The van der Waals surface area contributed by atoms with Gasteiger partial charge in [0.2, 0.25) is 5.91 Å². The Labute approximate surface area is 160 Å². The molecule has 0 fully saturated rings. The number of nitrogens with zero attached hydrogens (tertiary/aromatic N) is 2. The van der Waals surface area contributed by atoms with Gasteiger partial charge < -0.3 is 15.7 Å². The van der Waals surface area contributed by atoms with Crippen LogP contribution in [0.5, 0.6) is 5.75 Å². The molecular formula is C21H27N3O3. The van der Waals surface area contributed by atoms with Crippen LogP contribution in [0.4, 0.5) is 11.4 Å². The van der Waals surface area contributed by atoms with Gasteiger partial charge in [-0.05, 0) is 64.1 Å². The molecule has 144 valence electrons. The van der Waals surface area contributed by atoms with Crippen molar-refractivity contribution in [3.05, 3.63) is 54.1 Å². The van der Waals surface area contributed by atoms with Crippen LogP contribution < -0.4 is 10.6 Å². The minimum absolute atomic E-state index is 0.0543. The summed E-state index contributed by atoms with van der Waals surface area (Å²) in [5.41, 5.74) is 7.20. The summed E-state index contributed by atoms with van der Waals surface area (Å²) in [5.74, 6) is -0.315. The molecule has 0 aromatic heterocycles. The number of carbonyl (C=O) groups excluding carboxylic acids is 2. The van der Waals surface area contributed by atoms with Crippen molar-refractivity contribution >= 4 is 23.2 Å². The standard InChI is InChI=1S/C21H27N3O3/c1-14(2)23(15(3)4)21(27)16-8-10-17(11-9-16)24(20(26)13-22)18-6-5-7-19(25)12-18/h5-12,14-15,25H,13,22H2,1-4H3. The highest BCUT2D eigenvalue weighted by Gasteiger charge is 2.22. The van der Waals surface area contributed by atoms with Crippen molar-refractivity contribution in [1.29, 1.82) is 0 Å². The highest BCUT2D eigenvalue weighted by Crippen LogP contribution is 2.28. The lowest BCUT2D eigenvalue weighted by molar-refractivity contribution is -0.116. The molecule has 2 aromatic rings. The molecule has 0 spiro atoms. The van der Waals surface area contributed by atoms with Gasteiger partial charge in [-0.15, -0.1) is 0 Å². The Hall–Kier alpha value is -2.86. The predicted octanol–water partition coefficient (Wildman–Crippen LogP) is 3.27. The summed E-state index contributed by atoms with van der Waals surface area (Å²) in [4.78, 5) is 28.4. The van der Waals surface area contributed by atoms with Crippen LogP contribution in [0.25, 0.3) is 0 Å². The summed E-state index contributed by atoms with van der Waals surface area (Å²) in [5, 5.41) is 9.73. The zero-order chi connectivity index (χ0) is 20.1. The number of anilines is 2. The predicted molar refractivity (Wildman–Crippen MR) is 107 cm³/mol. The fraction of sp³-hybridized carbons (Fsp3) is 0.333. The van der Waals surface area contributed by atoms with E-state index in [0.29, 0.717) is 16.9 Å². The molecule has 0 bridgehead atoms. The monoisotopic (exact) mass is 369 g/mol. The van der Waals surface area contributed by atoms with E-state index in [0.717, 1.165) is 0 Å². The van der Waals surface area contributed by atoms with Crippen LogP contribution in [0, 0.1) is 0 Å². The zero-order valence-corrected chi connectivity index (χ0v) is 16.2. The number of hydrogen-bond acceptors (Lipinski definition) is 4. The van der Waals surface area contributed by atoms with E-state index >= 15 is 0 Å². The molecule has 6 nitrogen and oxygen atoms in total. The maximum absolute atomic E-state index is 12.8. The third-order valence-corrected chi connectivity index (χ3v) is 4.23. The molecule has 2 amide bonds. The lowest BCUT2D eigenvalue weighted by atomic mass is 10.1. The van der Waals surface area contributed by atoms with Gasteiger partial charge in [-0.25, -0.2) is 0 Å². The summed E-state index contributed by atoms with van der Waals surface area (Å²) >= 11 is 0. The Morgan fingerprint density at radius 3 is 2.04 bits per heavy atom. The fourth-order valence-electron chi connectivity index (χ4n) is 3.13. The highest BCUT2D eigenvalue weighted by atomic mass is 16.3. The Morgan fingerprint density at radius 2 is 1.56 bits per heavy atom. The molecule has 6 heteroatoms. The van der Waals surface area contributed by atoms with Crippen molar-refractivity contribution in [2.75, 3.05) is 11.4 Å². The molecule has 0 heterocycles. The van der Waals surface area contributed by atoms with Crippen molar-refractivity contribution < 1.29 is 14.7 Å². The van der Waals surface area contributed by atoms with Crippen molar-refractivity contribution in [3.63, 3.8) is 0 Å². The molecule has 0 aliphatic rings. The quantitative estimate of drug-likeness (QED) is 0.818. The van der Waals surface area contributed by atoms with Crippen LogP contribution in [0.1, 0.15) is 38.1 Å². The number of amides is 2. The van der Waals surface area contributed by atoms with E-state index in [1.807, 2.05) is 32.6 Å². The van der Waals surface area contributed by atoms with Crippen LogP contribution in [-0.2, 0) is 4.79 Å². The van der Waals surface area contributed by atoms with E-state index in [9.17, 15) is 14.7 Å². The van der Waals surface area contributed by atoms with Gasteiger partial charge in [0, 0.05) is 29.4 Å². The highest BCUT2D eigenvalue weighted by molar-refractivity contribution is 6.02. The molecule has 0 saturated heterocycles. The van der Waals surface area contributed by atoms with E-state index in [4.69, 9.17) is 5.73 Å². The van der Waals surface area contributed by atoms with Gasteiger partial charge in [0.05, 0.1) is 12.2 Å². The summed E-state index contributed by atoms with van der Waals surface area (Å²) in [7, 11) is 0. The van der Waals surface area contributed by atoms with Gasteiger partial charge in [0.15, 0.2) is 0 Å². The van der Waals surface area contributed by atoms with E-state index in [1.165, 1.54) is 17.0 Å². The molecule has 0 saturated carbocycles. The molecular weight excluding hydrogens is 342 g/mol. The van der Waals surface area contributed by atoms with Gasteiger partial charge in [0.25, 0.3) is 5.91 Å². The molecule has 0 aliphatic carbocycles. The van der Waals surface area contributed by atoms with Crippen LogP contribution >= 0.6 is 0 Å². The van der Waals surface area contributed by atoms with Gasteiger partial charge in [-0.3, -0.25) is 14.5 Å². The first kappa shape index (κ1) is 20.5. The number of phenolic OH excluding ortho intramolecular Hbond substituents is 1. The van der Waals surface area contributed by atoms with Gasteiger partial charge >= 0.3 is 0 Å². The lowest BCUT2D eigenvalue weighted by Gasteiger charge is -2.31. The number of rotatable bonds is 6. The topological polar surface area (TPSA) is 86.9 Å².